The van der Waals surface area contributed by atoms with Crippen molar-refractivity contribution < 1.29 is 23.8 Å². The Labute approximate surface area is 244 Å². The minimum Gasteiger partial charge on any atom is -0.462 e. The molecule has 0 N–H and O–H groups in total. The quantitative estimate of drug-likeness (QED) is 0.199. The Morgan fingerprint density at radius 3 is 2.20 bits per heavy atom. The lowest BCUT2D eigenvalue weighted by Gasteiger charge is -2.61. The molecule has 0 aromatic rings. The maximum atomic E-state index is 12.9. The number of epoxide rings is 1. The second kappa shape index (κ2) is 11.5. The molecule has 11 atom stereocenters. The number of hydrogen-bond acceptors (Lipinski definition) is 5. The lowest BCUT2D eigenvalue weighted by molar-refractivity contribution is -0.163. The van der Waals surface area contributed by atoms with E-state index in [0.29, 0.717) is 54.0 Å². The molecule has 0 aromatic heterocycles. The summed E-state index contributed by atoms with van der Waals surface area (Å²) >= 11 is 0. The summed E-state index contributed by atoms with van der Waals surface area (Å²) in [6.07, 6.45) is 14.6. The highest BCUT2D eigenvalue weighted by Gasteiger charge is 2.71. The molecule has 1 saturated heterocycles. The predicted molar refractivity (Wildman–Crippen MR) is 158 cm³/mol. The maximum Gasteiger partial charge on any atom is 0.306 e. The van der Waals surface area contributed by atoms with Crippen molar-refractivity contribution in [3.05, 3.63) is 0 Å². The van der Waals surface area contributed by atoms with Gasteiger partial charge in [0.15, 0.2) is 0 Å². The summed E-state index contributed by atoms with van der Waals surface area (Å²) in [7, 11) is 0. The fourth-order valence-corrected chi connectivity index (χ4v) is 10.7. The zero-order valence-corrected chi connectivity index (χ0v) is 26.6. The largest absolute Gasteiger partial charge is 0.462 e. The number of rotatable bonds is 10. The summed E-state index contributed by atoms with van der Waals surface area (Å²) < 4.78 is 18.9. The lowest BCUT2D eigenvalue weighted by atomic mass is 9.44. The maximum absolute atomic E-state index is 12.9. The van der Waals surface area contributed by atoms with E-state index in [9.17, 15) is 9.59 Å². The second-order valence-corrected chi connectivity index (χ2v) is 15.6. The average Bonchev–Trinajstić information content (AvgIpc) is 3.43. The van der Waals surface area contributed by atoms with Crippen molar-refractivity contribution in [2.75, 3.05) is 0 Å². The van der Waals surface area contributed by atoms with Crippen molar-refractivity contribution in [2.24, 2.45) is 46.3 Å². The summed E-state index contributed by atoms with van der Waals surface area (Å²) in [6, 6.07) is 0. The first-order valence-corrected chi connectivity index (χ1v) is 17.0. The fraction of sp³-hybridized carbons (Fsp3) is 0.943. The molecule has 0 radical (unpaired) electrons. The number of carbonyl (C=O) groups excluding carboxylic acids is 2. The van der Waals surface area contributed by atoms with Crippen molar-refractivity contribution in [1.29, 1.82) is 0 Å². The number of ether oxygens (including phenoxy) is 3. The van der Waals surface area contributed by atoms with Gasteiger partial charge in [0.1, 0.15) is 12.2 Å². The van der Waals surface area contributed by atoms with Crippen LogP contribution in [0.1, 0.15) is 138 Å². The Bertz CT molecular complexity index is 931. The van der Waals surface area contributed by atoms with Crippen LogP contribution in [0.3, 0.4) is 0 Å². The molecule has 4 saturated carbocycles. The van der Waals surface area contributed by atoms with Crippen molar-refractivity contribution in [3.63, 3.8) is 0 Å². The molecule has 1 aliphatic heterocycles. The first-order valence-electron chi connectivity index (χ1n) is 17.0. The van der Waals surface area contributed by atoms with Gasteiger partial charge in [0, 0.05) is 18.8 Å². The third-order valence-electron chi connectivity index (χ3n) is 12.7. The first kappa shape index (κ1) is 30.4. The molecule has 40 heavy (non-hydrogen) atoms. The van der Waals surface area contributed by atoms with E-state index in [-0.39, 0.29) is 41.1 Å². The van der Waals surface area contributed by atoms with Gasteiger partial charge in [0.05, 0.1) is 11.7 Å². The second-order valence-electron chi connectivity index (χ2n) is 15.6. The number of esters is 2. The molecule has 5 rings (SSSR count). The molecular formula is C35H58O5. The van der Waals surface area contributed by atoms with E-state index in [1.165, 1.54) is 38.5 Å². The zero-order chi connectivity index (χ0) is 28.9. The van der Waals surface area contributed by atoms with E-state index >= 15 is 0 Å². The van der Waals surface area contributed by atoms with E-state index < -0.39 is 0 Å². The summed E-state index contributed by atoms with van der Waals surface area (Å²) in [6.45, 7) is 16.1. The van der Waals surface area contributed by atoms with Gasteiger partial charge in [-0.3, -0.25) is 9.59 Å². The molecule has 1 heterocycles. The summed E-state index contributed by atoms with van der Waals surface area (Å²) in [5, 5.41) is 0. The third kappa shape index (κ3) is 5.39. The zero-order valence-electron chi connectivity index (χ0n) is 26.6. The lowest BCUT2D eigenvalue weighted by Crippen LogP contribution is -2.55. The van der Waals surface area contributed by atoms with Gasteiger partial charge in [0.2, 0.25) is 0 Å². The molecule has 5 nitrogen and oxygen atoms in total. The molecular weight excluding hydrogens is 500 g/mol. The molecule has 0 spiro atoms. The molecule has 5 aliphatic rings. The standard InChI is InChI=1S/C35H58O5/c1-8-10-30(36)38-24-16-18-33(5)23(20-24)13-14-25-26(33)17-19-34(6)27(25)21-28(39-31(37)11-9-2)32(34)35(7)29(40-35)15-12-22(3)4/h22-29,32H,8-21H2,1-7H3/t23-,24-,25+,26-,27-,28-,29-,32-,33-,34-,35-/m0/s1. The van der Waals surface area contributed by atoms with Crippen LogP contribution in [0.25, 0.3) is 0 Å². The molecule has 5 fully saturated rings. The minimum atomic E-state index is -0.177. The number of fused-ring (bicyclic) bond motifs is 5. The molecule has 5 heteroatoms. The smallest absolute Gasteiger partial charge is 0.306 e. The molecule has 4 aliphatic carbocycles. The van der Waals surface area contributed by atoms with Gasteiger partial charge in [-0.25, -0.2) is 0 Å². The van der Waals surface area contributed by atoms with Gasteiger partial charge in [-0.1, -0.05) is 41.5 Å². The summed E-state index contributed by atoms with van der Waals surface area (Å²) in [5.74, 6) is 3.55. The van der Waals surface area contributed by atoms with E-state index in [4.69, 9.17) is 14.2 Å². The molecule has 0 bridgehead atoms. The van der Waals surface area contributed by atoms with Gasteiger partial charge in [-0.15, -0.1) is 0 Å². The van der Waals surface area contributed by atoms with Crippen LogP contribution in [-0.4, -0.2) is 35.9 Å². The van der Waals surface area contributed by atoms with Crippen LogP contribution in [0.4, 0.5) is 0 Å². The Hall–Kier alpha value is -1.10. The highest BCUT2D eigenvalue weighted by Crippen LogP contribution is 2.71. The third-order valence-corrected chi connectivity index (χ3v) is 12.7. The highest BCUT2D eigenvalue weighted by molar-refractivity contribution is 5.69. The minimum absolute atomic E-state index is 0.0126. The van der Waals surface area contributed by atoms with Crippen LogP contribution in [0.2, 0.25) is 0 Å². The van der Waals surface area contributed by atoms with Crippen molar-refractivity contribution >= 4 is 11.9 Å². The van der Waals surface area contributed by atoms with Crippen LogP contribution < -0.4 is 0 Å². The topological polar surface area (TPSA) is 65.1 Å². The molecule has 0 unspecified atom stereocenters. The van der Waals surface area contributed by atoms with Crippen LogP contribution in [-0.2, 0) is 23.8 Å². The fourth-order valence-electron chi connectivity index (χ4n) is 10.7. The first-order chi connectivity index (χ1) is 19.0. The van der Waals surface area contributed by atoms with Gasteiger partial charge in [-0.05, 0) is 124 Å². The van der Waals surface area contributed by atoms with Crippen LogP contribution >= 0.6 is 0 Å². The summed E-state index contributed by atoms with van der Waals surface area (Å²) in [4.78, 5) is 25.1. The molecule has 0 aromatic carbocycles. The normalized spacial score (nSPS) is 45.8. The Morgan fingerprint density at radius 2 is 1.52 bits per heavy atom. The van der Waals surface area contributed by atoms with Gasteiger partial charge in [-0.2, -0.15) is 0 Å². The Balaban J connectivity index is 1.35. The number of hydrogen-bond donors (Lipinski definition) is 0. The SMILES string of the molecule is CCCC(=O)O[C@H]1CC[C@@]2(C)[C@@H](CC[C@@H]3[C@@H]2CC[C@@]2(C)[C@H]3C[C@H](OC(=O)CCC)[C@@H]2[C@@]2(C)O[C@H]2CCC(C)C)C1. The highest BCUT2D eigenvalue weighted by atomic mass is 16.6. The number of carbonyl (C=O) groups is 2. The van der Waals surface area contributed by atoms with Gasteiger partial charge < -0.3 is 14.2 Å². The summed E-state index contributed by atoms with van der Waals surface area (Å²) in [5.41, 5.74) is 0.295. The Morgan fingerprint density at radius 1 is 0.850 bits per heavy atom. The molecule has 0 amide bonds. The van der Waals surface area contributed by atoms with Crippen LogP contribution in [0, 0.1) is 46.3 Å². The Kier molecular flexibility index (Phi) is 8.75. The van der Waals surface area contributed by atoms with Crippen molar-refractivity contribution in [1.82, 2.24) is 0 Å². The van der Waals surface area contributed by atoms with Crippen LogP contribution in [0.5, 0.6) is 0 Å². The predicted octanol–water partition coefficient (Wildman–Crippen LogP) is 8.27. The van der Waals surface area contributed by atoms with Crippen molar-refractivity contribution in [3.8, 4) is 0 Å². The van der Waals surface area contributed by atoms with Gasteiger partial charge >= 0.3 is 11.9 Å². The van der Waals surface area contributed by atoms with E-state index in [1.54, 1.807) is 0 Å². The van der Waals surface area contributed by atoms with Crippen LogP contribution in [0.15, 0.2) is 0 Å². The van der Waals surface area contributed by atoms with E-state index in [1.807, 2.05) is 6.92 Å². The molecule has 228 valence electrons. The van der Waals surface area contributed by atoms with E-state index in [2.05, 4.69) is 41.5 Å². The average molecular weight is 559 g/mol. The van der Waals surface area contributed by atoms with Gasteiger partial charge in [0.25, 0.3) is 0 Å². The van der Waals surface area contributed by atoms with Crippen molar-refractivity contribution in [2.45, 2.75) is 162 Å². The van der Waals surface area contributed by atoms with E-state index in [0.717, 1.165) is 38.5 Å². The monoisotopic (exact) mass is 558 g/mol.